The Bertz CT molecular complexity index is 663. The summed E-state index contributed by atoms with van der Waals surface area (Å²) in [5.74, 6) is 0.0956. The van der Waals surface area contributed by atoms with Gasteiger partial charge in [0.2, 0.25) is 0 Å². The van der Waals surface area contributed by atoms with Crippen molar-refractivity contribution in [1.82, 2.24) is 0 Å². The van der Waals surface area contributed by atoms with Crippen LogP contribution in [-0.4, -0.2) is 12.9 Å². The standard InChI is InChI=1S/C17H15F3O2/c1-22-16-9-5-2-6-12(16)10-11-15(21)13-7-3-4-8-14(13)17(18,19)20/h2-9H,10-11H2,1H3. The van der Waals surface area contributed by atoms with Gasteiger partial charge in [-0.2, -0.15) is 13.2 Å². The van der Waals surface area contributed by atoms with Gasteiger partial charge < -0.3 is 4.74 Å². The molecule has 0 N–H and O–H groups in total. The van der Waals surface area contributed by atoms with Crippen LogP contribution in [0.1, 0.15) is 27.9 Å². The average molecular weight is 308 g/mol. The van der Waals surface area contributed by atoms with Crippen LogP contribution in [0.3, 0.4) is 0 Å². The maximum atomic E-state index is 12.9. The van der Waals surface area contributed by atoms with E-state index < -0.39 is 17.5 Å². The Morgan fingerprint density at radius 3 is 2.36 bits per heavy atom. The minimum atomic E-state index is -4.53. The zero-order valence-electron chi connectivity index (χ0n) is 12.0. The molecule has 0 saturated carbocycles. The molecule has 2 nitrogen and oxygen atoms in total. The average Bonchev–Trinajstić information content (AvgIpc) is 2.52. The lowest BCUT2D eigenvalue weighted by Crippen LogP contribution is -2.13. The first-order valence-electron chi connectivity index (χ1n) is 6.75. The molecule has 0 spiro atoms. The first-order chi connectivity index (χ1) is 10.4. The van der Waals surface area contributed by atoms with Crippen LogP contribution in [0.2, 0.25) is 0 Å². The molecule has 0 bridgehead atoms. The van der Waals surface area contributed by atoms with Crippen molar-refractivity contribution in [3.05, 3.63) is 65.2 Å². The Kier molecular flexibility index (Phi) is 4.85. The SMILES string of the molecule is COc1ccccc1CCC(=O)c1ccccc1C(F)(F)F. The number of rotatable bonds is 5. The zero-order chi connectivity index (χ0) is 16.2. The van der Waals surface area contributed by atoms with Gasteiger partial charge >= 0.3 is 6.18 Å². The summed E-state index contributed by atoms with van der Waals surface area (Å²) in [6, 6.07) is 12.0. The summed E-state index contributed by atoms with van der Waals surface area (Å²) < 4.78 is 43.9. The molecule has 22 heavy (non-hydrogen) atoms. The number of ether oxygens (including phenoxy) is 1. The molecule has 0 radical (unpaired) electrons. The van der Waals surface area contributed by atoms with Gasteiger partial charge in [-0.1, -0.05) is 36.4 Å². The second-order valence-corrected chi connectivity index (χ2v) is 4.78. The number of alkyl halides is 3. The molecule has 0 atom stereocenters. The van der Waals surface area contributed by atoms with Gasteiger partial charge in [0.15, 0.2) is 5.78 Å². The van der Waals surface area contributed by atoms with Crippen molar-refractivity contribution >= 4 is 5.78 Å². The summed E-state index contributed by atoms with van der Waals surface area (Å²) >= 11 is 0. The van der Waals surface area contributed by atoms with Crippen molar-refractivity contribution in [2.24, 2.45) is 0 Å². The summed E-state index contributed by atoms with van der Waals surface area (Å²) in [6.45, 7) is 0. The smallest absolute Gasteiger partial charge is 0.417 e. The van der Waals surface area contributed by atoms with E-state index in [1.165, 1.54) is 25.3 Å². The van der Waals surface area contributed by atoms with E-state index in [0.717, 1.165) is 11.6 Å². The van der Waals surface area contributed by atoms with Crippen LogP contribution >= 0.6 is 0 Å². The highest BCUT2D eigenvalue weighted by Gasteiger charge is 2.34. The maximum absolute atomic E-state index is 12.9. The molecule has 0 aromatic heterocycles. The summed E-state index contributed by atoms with van der Waals surface area (Å²) in [7, 11) is 1.51. The van der Waals surface area contributed by atoms with E-state index in [0.29, 0.717) is 12.2 Å². The van der Waals surface area contributed by atoms with Crippen LogP contribution in [0.15, 0.2) is 48.5 Å². The van der Waals surface area contributed by atoms with E-state index in [9.17, 15) is 18.0 Å². The first kappa shape index (κ1) is 16.1. The number of halogens is 3. The van der Waals surface area contributed by atoms with E-state index in [1.54, 1.807) is 24.3 Å². The van der Waals surface area contributed by atoms with Crippen molar-refractivity contribution in [3.8, 4) is 5.75 Å². The van der Waals surface area contributed by atoms with Crippen LogP contribution in [0.5, 0.6) is 5.75 Å². The summed E-state index contributed by atoms with van der Waals surface area (Å²) in [5, 5.41) is 0. The Balaban J connectivity index is 2.17. The third kappa shape index (κ3) is 3.67. The minimum Gasteiger partial charge on any atom is -0.496 e. The van der Waals surface area contributed by atoms with E-state index in [-0.39, 0.29) is 12.0 Å². The van der Waals surface area contributed by atoms with Gasteiger partial charge in [-0.05, 0) is 24.1 Å². The molecule has 0 unspecified atom stereocenters. The molecule has 5 heteroatoms. The molecular weight excluding hydrogens is 293 g/mol. The van der Waals surface area contributed by atoms with Gasteiger partial charge in [-0.15, -0.1) is 0 Å². The Hall–Kier alpha value is -2.30. The summed E-state index contributed by atoms with van der Waals surface area (Å²) in [6.07, 6.45) is -4.21. The van der Waals surface area contributed by atoms with Crippen LogP contribution < -0.4 is 4.74 Å². The number of ketones is 1. The highest BCUT2D eigenvalue weighted by molar-refractivity contribution is 5.97. The molecule has 2 aromatic carbocycles. The van der Waals surface area contributed by atoms with Crippen molar-refractivity contribution in [3.63, 3.8) is 0 Å². The largest absolute Gasteiger partial charge is 0.496 e. The molecular formula is C17H15F3O2. The molecule has 0 aliphatic carbocycles. The third-order valence-electron chi connectivity index (χ3n) is 3.35. The quantitative estimate of drug-likeness (QED) is 0.759. The number of carbonyl (C=O) groups is 1. The predicted molar refractivity (Wildman–Crippen MR) is 77.1 cm³/mol. The fraction of sp³-hybridized carbons (Fsp3) is 0.235. The molecule has 2 rings (SSSR count). The van der Waals surface area contributed by atoms with Gasteiger partial charge in [0, 0.05) is 12.0 Å². The molecule has 0 aliphatic heterocycles. The number of hydrogen-bond donors (Lipinski definition) is 0. The zero-order valence-corrected chi connectivity index (χ0v) is 12.0. The molecule has 0 aliphatic rings. The van der Waals surface area contributed by atoms with Crippen molar-refractivity contribution in [1.29, 1.82) is 0 Å². The van der Waals surface area contributed by atoms with Crippen molar-refractivity contribution < 1.29 is 22.7 Å². The molecule has 0 fully saturated rings. The van der Waals surface area contributed by atoms with E-state index in [1.807, 2.05) is 0 Å². The molecule has 0 amide bonds. The topological polar surface area (TPSA) is 26.3 Å². The number of Topliss-reactive ketones (excluding diaryl/α,β-unsaturated/α-hetero) is 1. The fourth-order valence-electron chi connectivity index (χ4n) is 2.27. The molecule has 116 valence electrons. The molecule has 0 heterocycles. The van der Waals surface area contributed by atoms with Gasteiger partial charge in [-0.3, -0.25) is 4.79 Å². The first-order valence-corrected chi connectivity index (χ1v) is 6.75. The highest BCUT2D eigenvalue weighted by atomic mass is 19.4. The van der Waals surface area contributed by atoms with Crippen molar-refractivity contribution in [2.45, 2.75) is 19.0 Å². The van der Waals surface area contributed by atoms with Crippen LogP contribution in [0.4, 0.5) is 13.2 Å². The molecule has 0 saturated heterocycles. The fourth-order valence-corrected chi connectivity index (χ4v) is 2.27. The second-order valence-electron chi connectivity index (χ2n) is 4.78. The second kappa shape index (κ2) is 6.64. The van der Waals surface area contributed by atoms with Crippen LogP contribution in [0.25, 0.3) is 0 Å². The lowest BCUT2D eigenvalue weighted by molar-refractivity contribution is -0.137. The number of carbonyl (C=O) groups excluding carboxylic acids is 1. The predicted octanol–water partition coefficient (Wildman–Crippen LogP) is 4.53. The monoisotopic (exact) mass is 308 g/mol. The van der Waals surface area contributed by atoms with E-state index in [4.69, 9.17) is 4.74 Å². The Morgan fingerprint density at radius 2 is 1.68 bits per heavy atom. The lowest BCUT2D eigenvalue weighted by Gasteiger charge is -2.12. The molecule has 2 aromatic rings. The normalized spacial score (nSPS) is 11.3. The number of aryl methyl sites for hydroxylation is 1. The van der Waals surface area contributed by atoms with Crippen molar-refractivity contribution in [2.75, 3.05) is 7.11 Å². The van der Waals surface area contributed by atoms with Gasteiger partial charge in [0.25, 0.3) is 0 Å². The maximum Gasteiger partial charge on any atom is 0.417 e. The summed E-state index contributed by atoms with van der Waals surface area (Å²) in [4.78, 5) is 12.1. The number of hydrogen-bond acceptors (Lipinski definition) is 2. The number of methoxy groups -OCH3 is 1. The third-order valence-corrected chi connectivity index (χ3v) is 3.35. The highest BCUT2D eigenvalue weighted by Crippen LogP contribution is 2.32. The van der Waals surface area contributed by atoms with Gasteiger partial charge in [0.05, 0.1) is 12.7 Å². The number of benzene rings is 2. The van der Waals surface area contributed by atoms with Gasteiger partial charge in [0.1, 0.15) is 5.75 Å². The number of para-hydroxylation sites is 1. The summed E-state index contributed by atoms with van der Waals surface area (Å²) in [5.41, 5.74) is -0.382. The van der Waals surface area contributed by atoms with Gasteiger partial charge in [-0.25, -0.2) is 0 Å². The van der Waals surface area contributed by atoms with Crippen LogP contribution in [0, 0.1) is 0 Å². The van der Waals surface area contributed by atoms with E-state index >= 15 is 0 Å². The van der Waals surface area contributed by atoms with E-state index in [2.05, 4.69) is 0 Å². The Labute approximate surface area is 126 Å². The van der Waals surface area contributed by atoms with Crippen LogP contribution in [-0.2, 0) is 12.6 Å². The Morgan fingerprint density at radius 1 is 1.05 bits per heavy atom. The lowest BCUT2D eigenvalue weighted by atomic mass is 9.98. The minimum absolute atomic E-state index is 0.00648.